The number of aromatic nitrogens is 5. The first-order chi connectivity index (χ1) is 18.2. The van der Waals surface area contributed by atoms with Crippen LogP contribution in [0.25, 0.3) is 32.5 Å². The molecule has 7 rings (SSSR count). The third-order valence-electron chi connectivity index (χ3n) is 7.25. The Kier molecular flexibility index (Phi) is 5.53. The van der Waals surface area contributed by atoms with Crippen molar-refractivity contribution in [2.24, 2.45) is 5.92 Å². The lowest BCUT2D eigenvalue weighted by Crippen LogP contribution is -2.39. The van der Waals surface area contributed by atoms with Gasteiger partial charge in [0.25, 0.3) is 5.91 Å². The highest BCUT2D eigenvalue weighted by Gasteiger charge is 2.34. The van der Waals surface area contributed by atoms with E-state index in [1.165, 1.54) is 12.4 Å². The Bertz CT molecular complexity index is 1600. The van der Waals surface area contributed by atoms with Gasteiger partial charge in [0, 0.05) is 35.1 Å². The number of aromatic amines is 1. The van der Waals surface area contributed by atoms with Crippen molar-refractivity contribution in [3.63, 3.8) is 0 Å². The minimum absolute atomic E-state index is 0.240. The smallest absolute Gasteiger partial charge is 0.272 e. The Morgan fingerprint density at radius 2 is 2.05 bits per heavy atom. The van der Waals surface area contributed by atoms with Gasteiger partial charge in [-0.25, -0.2) is 9.97 Å². The van der Waals surface area contributed by atoms with E-state index in [1.54, 1.807) is 17.4 Å². The minimum Gasteiger partial charge on any atom is -0.366 e. The van der Waals surface area contributed by atoms with Gasteiger partial charge in [-0.1, -0.05) is 12.1 Å². The summed E-state index contributed by atoms with van der Waals surface area (Å²) in [6.07, 6.45) is 6.42. The Morgan fingerprint density at radius 1 is 1.08 bits per heavy atom. The maximum absolute atomic E-state index is 12.7. The highest BCUT2D eigenvalue weighted by molar-refractivity contribution is 7.17. The molecule has 1 aliphatic carbocycles. The number of hydrogen-bond donors (Lipinski definition) is 5. The van der Waals surface area contributed by atoms with Gasteiger partial charge in [0.1, 0.15) is 11.5 Å². The van der Waals surface area contributed by atoms with Crippen LogP contribution in [0, 0.1) is 5.92 Å². The van der Waals surface area contributed by atoms with Gasteiger partial charge < -0.3 is 15.6 Å². The van der Waals surface area contributed by atoms with Gasteiger partial charge in [-0.3, -0.25) is 15.6 Å². The van der Waals surface area contributed by atoms with Crippen molar-refractivity contribution in [3.05, 3.63) is 59.9 Å². The van der Waals surface area contributed by atoms with Crippen molar-refractivity contribution >= 4 is 49.9 Å². The standard InChI is InChI=1S/C26H25N9OS/c36-26(31-18-5-7-27-28-13-18)22-10-14-1-2-15(11-21(14)32-22)24-33-20-6-8-37-23(20)25(34-24)30-17-3-4-19-16(9-17)12-29-35-19/h1-2,5-8,10-11,13,16-17,19,29,32,35H,3-4,9,12H2,(H,27,31,36)(H,30,33,34). The fraction of sp³-hybridized carbons (Fsp3) is 0.269. The number of benzene rings is 1. The number of carbonyl (C=O) groups excluding carboxylic acids is 1. The molecule has 5 heterocycles. The van der Waals surface area contributed by atoms with Crippen LogP contribution in [0.2, 0.25) is 0 Å². The molecule has 2 aliphatic rings. The van der Waals surface area contributed by atoms with Crippen molar-refractivity contribution in [1.29, 1.82) is 0 Å². The van der Waals surface area contributed by atoms with E-state index in [0.717, 1.165) is 58.3 Å². The molecule has 4 aromatic heterocycles. The molecule has 11 heteroatoms. The molecule has 1 saturated heterocycles. The fourth-order valence-electron chi connectivity index (χ4n) is 5.37. The monoisotopic (exact) mass is 511 g/mol. The number of anilines is 2. The first kappa shape index (κ1) is 22.3. The summed E-state index contributed by atoms with van der Waals surface area (Å²) >= 11 is 1.66. The molecule has 3 atom stereocenters. The molecular weight excluding hydrogens is 486 g/mol. The van der Waals surface area contributed by atoms with Crippen molar-refractivity contribution in [1.82, 2.24) is 36.0 Å². The minimum atomic E-state index is -0.240. The van der Waals surface area contributed by atoms with E-state index in [9.17, 15) is 4.79 Å². The molecule has 1 aliphatic heterocycles. The quantitative estimate of drug-likeness (QED) is 0.240. The summed E-state index contributed by atoms with van der Waals surface area (Å²) in [5, 5.41) is 17.1. The predicted octanol–water partition coefficient (Wildman–Crippen LogP) is 3.94. The zero-order valence-electron chi connectivity index (χ0n) is 19.9. The van der Waals surface area contributed by atoms with Gasteiger partial charge in [-0.05, 0) is 54.8 Å². The number of nitrogens with zero attached hydrogens (tertiary/aromatic N) is 4. The molecule has 3 unspecified atom stereocenters. The molecule has 1 saturated carbocycles. The zero-order chi connectivity index (χ0) is 24.8. The molecule has 0 radical (unpaired) electrons. The van der Waals surface area contributed by atoms with E-state index in [-0.39, 0.29) is 5.91 Å². The van der Waals surface area contributed by atoms with Crippen LogP contribution in [-0.4, -0.2) is 49.7 Å². The third kappa shape index (κ3) is 4.31. The molecule has 2 fully saturated rings. The van der Waals surface area contributed by atoms with E-state index in [1.807, 2.05) is 30.3 Å². The van der Waals surface area contributed by atoms with Gasteiger partial charge in [0.2, 0.25) is 0 Å². The van der Waals surface area contributed by atoms with Crippen LogP contribution < -0.4 is 21.5 Å². The maximum atomic E-state index is 12.7. The number of rotatable bonds is 5. The average Bonchev–Trinajstić information content (AvgIpc) is 3.67. The number of H-pyrrole nitrogens is 1. The molecule has 0 spiro atoms. The fourth-order valence-corrected chi connectivity index (χ4v) is 6.15. The summed E-state index contributed by atoms with van der Waals surface area (Å²) in [6.45, 7) is 1.02. The number of thiophene rings is 1. The summed E-state index contributed by atoms with van der Waals surface area (Å²) in [4.78, 5) is 25.8. The molecule has 5 N–H and O–H groups in total. The number of fused-ring (bicyclic) bond motifs is 3. The second kappa shape index (κ2) is 9.18. The topological polar surface area (TPSA) is 133 Å². The zero-order valence-corrected chi connectivity index (χ0v) is 20.7. The predicted molar refractivity (Wildman–Crippen MR) is 144 cm³/mol. The normalized spacial score (nSPS) is 21.2. The number of amides is 1. The van der Waals surface area contributed by atoms with E-state index >= 15 is 0 Å². The number of hydrazine groups is 1. The van der Waals surface area contributed by atoms with Crippen molar-refractivity contribution < 1.29 is 4.79 Å². The van der Waals surface area contributed by atoms with Crippen LogP contribution in [-0.2, 0) is 0 Å². The van der Waals surface area contributed by atoms with Crippen molar-refractivity contribution in [3.8, 4) is 11.4 Å². The van der Waals surface area contributed by atoms with Crippen LogP contribution in [0.1, 0.15) is 29.8 Å². The molecule has 10 nitrogen and oxygen atoms in total. The van der Waals surface area contributed by atoms with Gasteiger partial charge in [-0.2, -0.15) is 10.2 Å². The van der Waals surface area contributed by atoms with Crippen LogP contribution in [0.4, 0.5) is 11.5 Å². The summed E-state index contributed by atoms with van der Waals surface area (Å²) in [6, 6.07) is 12.5. The van der Waals surface area contributed by atoms with E-state index < -0.39 is 0 Å². The Balaban J connectivity index is 1.17. The van der Waals surface area contributed by atoms with E-state index in [0.29, 0.717) is 35.2 Å². The molecule has 0 bridgehead atoms. The lowest BCUT2D eigenvalue weighted by atomic mass is 9.83. The lowest BCUT2D eigenvalue weighted by molar-refractivity contribution is 0.102. The Hall–Kier alpha value is -3.93. The second-order valence-electron chi connectivity index (χ2n) is 9.65. The molecule has 37 heavy (non-hydrogen) atoms. The molecule has 1 amide bonds. The first-order valence-electron chi connectivity index (χ1n) is 12.4. The highest BCUT2D eigenvalue weighted by Crippen LogP contribution is 2.34. The van der Waals surface area contributed by atoms with Gasteiger partial charge in [-0.15, -0.1) is 11.3 Å². The summed E-state index contributed by atoms with van der Waals surface area (Å²) < 4.78 is 1.08. The summed E-state index contributed by atoms with van der Waals surface area (Å²) in [7, 11) is 0. The maximum Gasteiger partial charge on any atom is 0.272 e. The lowest BCUT2D eigenvalue weighted by Gasteiger charge is -2.31. The molecular formula is C26H25N9OS. The van der Waals surface area contributed by atoms with Crippen LogP contribution >= 0.6 is 11.3 Å². The van der Waals surface area contributed by atoms with Crippen LogP contribution in [0.3, 0.4) is 0 Å². The van der Waals surface area contributed by atoms with Gasteiger partial charge in [0.15, 0.2) is 5.82 Å². The number of nitrogens with one attached hydrogen (secondary N) is 5. The van der Waals surface area contributed by atoms with Gasteiger partial charge >= 0.3 is 0 Å². The summed E-state index contributed by atoms with van der Waals surface area (Å²) in [5.74, 6) is 1.96. The Labute approximate surface area is 216 Å². The third-order valence-corrected chi connectivity index (χ3v) is 8.16. The number of hydrogen-bond acceptors (Lipinski definition) is 9. The largest absolute Gasteiger partial charge is 0.366 e. The molecule has 1 aromatic carbocycles. The van der Waals surface area contributed by atoms with Gasteiger partial charge in [0.05, 0.1) is 28.3 Å². The Morgan fingerprint density at radius 3 is 2.97 bits per heavy atom. The van der Waals surface area contributed by atoms with Crippen LogP contribution in [0.5, 0.6) is 0 Å². The molecule has 5 aromatic rings. The van der Waals surface area contributed by atoms with Crippen molar-refractivity contribution in [2.75, 3.05) is 17.2 Å². The van der Waals surface area contributed by atoms with E-state index in [2.05, 4.69) is 42.0 Å². The van der Waals surface area contributed by atoms with Crippen LogP contribution in [0.15, 0.2) is 54.2 Å². The highest BCUT2D eigenvalue weighted by atomic mass is 32.1. The second-order valence-corrected chi connectivity index (χ2v) is 10.6. The first-order valence-corrected chi connectivity index (χ1v) is 13.3. The summed E-state index contributed by atoms with van der Waals surface area (Å²) in [5.41, 5.74) is 10.4. The number of carbonyl (C=O) groups is 1. The SMILES string of the molecule is O=C(Nc1ccnnc1)c1cc2ccc(-c3nc(NC4CCC5NNCC5C4)c4sccc4n3)cc2[nH]1. The van der Waals surface area contributed by atoms with Crippen molar-refractivity contribution in [2.45, 2.75) is 31.3 Å². The molecule has 186 valence electrons. The average molecular weight is 512 g/mol. The van der Waals surface area contributed by atoms with E-state index in [4.69, 9.17) is 9.97 Å².